The summed E-state index contributed by atoms with van der Waals surface area (Å²) in [7, 11) is 0. The zero-order chi connectivity index (χ0) is 15.5. The molecule has 0 fully saturated rings. The third-order valence-electron chi connectivity index (χ3n) is 3.44. The van der Waals surface area contributed by atoms with Crippen LogP contribution in [0.2, 0.25) is 0 Å². The molecule has 0 aliphatic rings. The van der Waals surface area contributed by atoms with Crippen molar-refractivity contribution in [1.82, 2.24) is 0 Å². The molecule has 0 radical (unpaired) electrons. The van der Waals surface area contributed by atoms with Crippen LogP contribution in [0.25, 0.3) is 6.08 Å². The van der Waals surface area contributed by atoms with Crippen molar-refractivity contribution in [3.05, 3.63) is 71.8 Å². The first-order valence-corrected chi connectivity index (χ1v) is 7.92. The summed E-state index contributed by atoms with van der Waals surface area (Å²) in [5.41, 5.74) is 2.50. The van der Waals surface area contributed by atoms with E-state index in [1.54, 1.807) is 0 Å². The summed E-state index contributed by atoms with van der Waals surface area (Å²) in [6, 6.07) is 18.4. The number of benzene rings is 2. The van der Waals surface area contributed by atoms with Gasteiger partial charge < -0.3 is 9.84 Å². The topological polar surface area (TPSA) is 29.5 Å². The van der Waals surface area contributed by atoms with E-state index in [1.165, 1.54) is 11.1 Å². The number of rotatable bonds is 9. The Labute approximate surface area is 133 Å². The normalized spacial score (nSPS) is 11.0. The number of allylic oxidation sites excluding steroid dienone is 1. The van der Waals surface area contributed by atoms with Gasteiger partial charge in [-0.3, -0.25) is 0 Å². The van der Waals surface area contributed by atoms with Crippen molar-refractivity contribution in [3.8, 4) is 5.75 Å². The maximum absolute atomic E-state index is 8.82. The molecule has 0 bridgehead atoms. The lowest BCUT2D eigenvalue weighted by Crippen LogP contribution is -1.95. The van der Waals surface area contributed by atoms with E-state index in [0.717, 1.165) is 38.0 Å². The molecule has 2 nitrogen and oxygen atoms in total. The first kappa shape index (κ1) is 16.3. The van der Waals surface area contributed by atoms with Crippen molar-refractivity contribution in [2.75, 3.05) is 13.2 Å². The monoisotopic (exact) mass is 296 g/mol. The summed E-state index contributed by atoms with van der Waals surface area (Å²) in [5, 5.41) is 8.82. The van der Waals surface area contributed by atoms with Gasteiger partial charge in [0.1, 0.15) is 5.75 Å². The second-order valence-corrected chi connectivity index (χ2v) is 5.27. The van der Waals surface area contributed by atoms with Crippen molar-refractivity contribution in [3.63, 3.8) is 0 Å². The van der Waals surface area contributed by atoms with Crippen molar-refractivity contribution in [1.29, 1.82) is 0 Å². The van der Waals surface area contributed by atoms with Gasteiger partial charge in [0.05, 0.1) is 6.61 Å². The number of aliphatic hydroxyl groups excluding tert-OH is 1. The van der Waals surface area contributed by atoms with Crippen LogP contribution in [0.1, 0.15) is 30.4 Å². The van der Waals surface area contributed by atoms with Crippen molar-refractivity contribution >= 4 is 6.08 Å². The van der Waals surface area contributed by atoms with E-state index in [0.29, 0.717) is 0 Å². The molecule has 0 unspecified atom stereocenters. The second-order valence-electron chi connectivity index (χ2n) is 5.27. The summed E-state index contributed by atoms with van der Waals surface area (Å²) >= 11 is 0. The summed E-state index contributed by atoms with van der Waals surface area (Å²) in [5.74, 6) is 0.935. The van der Waals surface area contributed by atoms with Gasteiger partial charge in [0.25, 0.3) is 0 Å². The third-order valence-corrected chi connectivity index (χ3v) is 3.44. The van der Waals surface area contributed by atoms with Crippen LogP contribution in [-0.4, -0.2) is 18.3 Å². The highest BCUT2D eigenvalue weighted by Crippen LogP contribution is 2.10. The predicted molar refractivity (Wildman–Crippen MR) is 92.1 cm³/mol. The van der Waals surface area contributed by atoms with E-state index >= 15 is 0 Å². The Hall–Kier alpha value is -2.06. The predicted octanol–water partition coefficient (Wildman–Crippen LogP) is 4.48. The molecule has 22 heavy (non-hydrogen) atoms. The highest BCUT2D eigenvalue weighted by Gasteiger charge is 1.93. The Morgan fingerprint density at radius 1 is 0.909 bits per heavy atom. The van der Waals surface area contributed by atoms with Crippen LogP contribution in [0.5, 0.6) is 5.75 Å². The van der Waals surface area contributed by atoms with E-state index in [9.17, 15) is 0 Å². The standard InChI is InChI=1S/C20H24O2/c21-16-7-9-19-14-12-18(13-15-19)8-3-2-6-17-22-20-10-4-1-5-11-20/h1,3-5,8,10-15,21H,2,6-7,9,16-17H2/b8-3+. The largest absolute Gasteiger partial charge is 0.494 e. The molecule has 0 saturated heterocycles. The molecule has 2 rings (SSSR count). The molecule has 0 atom stereocenters. The van der Waals surface area contributed by atoms with E-state index < -0.39 is 0 Å². The fraction of sp³-hybridized carbons (Fsp3) is 0.300. The minimum Gasteiger partial charge on any atom is -0.494 e. The smallest absolute Gasteiger partial charge is 0.119 e. The molecular formula is C20H24O2. The lowest BCUT2D eigenvalue weighted by Gasteiger charge is -2.04. The molecular weight excluding hydrogens is 272 g/mol. The number of para-hydroxylation sites is 1. The number of aliphatic hydroxyl groups is 1. The number of hydrogen-bond acceptors (Lipinski definition) is 2. The Morgan fingerprint density at radius 2 is 1.68 bits per heavy atom. The minimum absolute atomic E-state index is 0.257. The number of hydrogen-bond donors (Lipinski definition) is 1. The van der Waals surface area contributed by atoms with Crippen LogP contribution in [0.15, 0.2) is 60.7 Å². The van der Waals surface area contributed by atoms with Gasteiger partial charge in [-0.1, -0.05) is 54.6 Å². The third kappa shape index (κ3) is 6.15. The van der Waals surface area contributed by atoms with Crippen LogP contribution in [0, 0.1) is 0 Å². The maximum Gasteiger partial charge on any atom is 0.119 e. The van der Waals surface area contributed by atoms with Crippen LogP contribution in [0.3, 0.4) is 0 Å². The molecule has 0 heterocycles. The molecule has 0 aromatic heterocycles. The molecule has 2 aromatic carbocycles. The van der Waals surface area contributed by atoms with Crippen molar-refractivity contribution in [2.24, 2.45) is 0 Å². The quantitative estimate of drug-likeness (QED) is 0.691. The summed E-state index contributed by atoms with van der Waals surface area (Å²) < 4.78 is 5.66. The maximum atomic E-state index is 8.82. The molecule has 1 N–H and O–H groups in total. The van der Waals surface area contributed by atoms with Crippen molar-refractivity contribution in [2.45, 2.75) is 25.7 Å². The first-order valence-electron chi connectivity index (χ1n) is 7.92. The first-order chi connectivity index (χ1) is 10.9. The van der Waals surface area contributed by atoms with Crippen LogP contribution in [-0.2, 0) is 6.42 Å². The van der Waals surface area contributed by atoms with Gasteiger partial charge in [-0.05, 0) is 48.9 Å². The molecule has 0 aliphatic heterocycles. The number of aryl methyl sites for hydroxylation is 1. The average molecular weight is 296 g/mol. The minimum atomic E-state index is 0.257. The Bertz CT molecular complexity index is 544. The molecule has 116 valence electrons. The second kappa shape index (κ2) is 9.80. The summed E-state index contributed by atoms with van der Waals surface area (Å²) in [4.78, 5) is 0. The number of ether oxygens (including phenoxy) is 1. The molecule has 0 aliphatic carbocycles. The number of unbranched alkanes of at least 4 members (excludes halogenated alkanes) is 1. The van der Waals surface area contributed by atoms with E-state index in [1.807, 2.05) is 30.3 Å². The Kier molecular flexibility index (Phi) is 7.27. The van der Waals surface area contributed by atoms with E-state index in [2.05, 4.69) is 36.4 Å². The Morgan fingerprint density at radius 3 is 2.41 bits per heavy atom. The van der Waals surface area contributed by atoms with Gasteiger partial charge in [-0.25, -0.2) is 0 Å². The van der Waals surface area contributed by atoms with E-state index in [-0.39, 0.29) is 6.61 Å². The lowest BCUT2D eigenvalue weighted by molar-refractivity contribution is 0.288. The van der Waals surface area contributed by atoms with Crippen LogP contribution < -0.4 is 4.74 Å². The van der Waals surface area contributed by atoms with Crippen molar-refractivity contribution < 1.29 is 9.84 Å². The zero-order valence-corrected chi connectivity index (χ0v) is 12.9. The Balaban J connectivity index is 1.65. The molecule has 0 amide bonds. The fourth-order valence-corrected chi connectivity index (χ4v) is 2.21. The van der Waals surface area contributed by atoms with E-state index in [4.69, 9.17) is 9.84 Å². The fourth-order valence-electron chi connectivity index (χ4n) is 2.21. The highest BCUT2D eigenvalue weighted by molar-refractivity contribution is 5.49. The molecule has 2 heteroatoms. The van der Waals surface area contributed by atoms with Gasteiger partial charge in [0, 0.05) is 6.61 Å². The molecule has 2 aromatic rings. The van der Waals surface area contributed by atoms with Gasteiger partial charge in [-0.15, -0.1) is 0 Å². The van der Waals surface area contributed by atoms with Gasteiger partial charge in [0.2, 0.25) is 0 Å². The van der Waals surface area contributed by atoms with Gasteiger partial charge in [0.15, 0.2) is 0 Å². The van der Waals surface area contributed by atoms with Gasteiger partial charge >= 0.3 is 0 Å². The summed E-state index contributed by atoms with van der Waals surface area (Å²) in [6.07, 6.45) is 8.14. The summed E-state index contributed by atoms with van der Waals surface area (Å²) in [6.45, 7) is 1.00. The lowest BCUT2D eigenvalue weighted by atomic mass is 10.1. The van der Waals surface area contributed by atoms with Crippen LogP contribution >= 0.6 is 0 Å². The SMILES string of the molecule is OCCCc1ccc(/C=C/CCCOc2ccccc2)cc1. The molecule has 0 saturated carbocycles. The zero-order valence-electron chi connectivity index (χ0n) is 12.9. The van der Waals surface area contributed by atoms with Gasteiger partial charge in [-0.2, -0.15) is 0 Å². The average Bonchev–Trinajstić information content (AvgIpc) is 2.58. The van der Waals surface area contributed by atoms with Crippen LogP contribution in [0.4, 0.5) is 0 Å². The highest BCUT2D eigenvalue weighted by atomic mass is 16.5. The molecule has 0 spiro atoms.